The molecule has 1 aromatic carbocycles. The average Bonchev–Trinajstić information content (AvgIpc) is 2.36. The molecule has 0 radical (unpaired) electrons. The van der Waals surface area contributed by atoms with Crippen LogP contribution in [0.5, 0.6) is 11.5 Å². The molecular weight excluding hydrogens is 283 g/mol. The van der Waals surface area contributed by atoms with Crippen LogP contribution in [0.4, 0.5) is 13.2 Å². The first-order chi connectivity index (χ1) is 9.59. The lowest BCUT2D eigenvalue weighted by Gasteiger charge is -2.25. The summed E-state index contributed by atoms with van der Waals surface area (Å²) in [5.41, 5.74) is 5.69. The minimum atomic E-state index is -4.36. The van der Waals surface area contributed by atoms with Gasteiger partial charge in [0.2, 0.25) is 0 Å². The molecule has 0 saturated heterocycles. The van der Waals surface area contributed by atoms with Gasteiger partial charge >= 0.3 is 6.18 Å². The predicted octanol–water partition coefficient (Wildman–Crippen LogP) is 3.51. The largest absolute Gasteiger partial charge is 0.497 e. The minimum absolute atomic E-state index is 0.277. The SMILES string of the molecule is COc1ccc(OCC(CN)C(F)(F)F)c(C(C)(C)C)c1. The van der Waals surface area contributed by atoms with Crippen LogP contribution in [0.3, 0.4) is 0 Å². The molecule has 21 heavy (non-hydrogen) atoms. The van der Waals surface area contributed by atoms with Gasteiger partial charge in [-0.1, -0.05) is 20.8 Å². The number of nitrogens with two attached hydrogens (primary N) is 1. The fraction of sp³-hybridized carbons (Fsp3) is 0.600. The van der Waals surface area contributed by atoms with Crippen LogP contribution in [0.25, 0.3) is 0 Å². The molecule has 0 aromatic heterocycles. The highest BCUT2D eigenvalue weighted by Gasteiger charge is 2.39. The Kier molecular flexibility index (Phi) is 5.50. The van der Waals surface area contributed by atoms with E-state index in [9.17, 15) is 13.2 Å². The number of alkyl halides is 3. The van der Waals surface area contributed by atoms with Crippen molar-refractivity contribution in [2.24, 2.45) is 11.7 Å². The lowest BCUT2D eigenvalue weighted by Crippen LogP contribution is -2.35. The van der Waals surface area contributed by atoms with E-state index in [1.54, 1.807) is 18.2 Å². The first-order valence-electron chi connectivity index (χ1n) is 6.67. The fourth-order valence-corrected chi connectivity index (χ4v) is 1.83. The fourth-order valence-electron chi connectivity index (χ4n) is 1.83. The summed E-state index contributed by atoms with van der Waals surface area (Å²) in [5.74, 6) is -0.614. The van der Waals surface area contributed by atoms with Gasteiger partial charge in [0.25, 0.3) is 0 Å². The Morgan fingerprint density at radius 2 is 1.81 bits per heavy atom. The summed E-state index contributed by atoms with van der Waals surface area (Å²) in [6, 6.07) is 5.07. The molecule has 0 aliphatic heterocycles. The Balaban J connectivity index is 2.98. The molecule has 0 spiro atoms. The summed E-state index contributed by atoms with van der Waals surface area (Å²) in [6.45, 7) is 4.89. The van der Waals surface area contributed by atoms with Crippen molar-refractivity contribution in [1.29, 1.82) is 0 Å². The third-order valence-corrected chi connectivity index (χ3v) is 3.18. The average molecular weight is 305 g/mol. The van der Waals surface area contributed by atoms with Gasteiger partial charge in [-0.25, -0.2) is 0 Å². The highest BCUT2D eigenvalue weighted by molar-refractivity contribution is 5.44. The van der Waals surface area contributed by atoms with Crippen LogP contribution in [0, 0.1) is 5.92 Å². The summed E-state index contributed by atoms with van der Waals surface area (Å²) in [5, 5.41) is 0. The zero-order chi connectivity index (χ0) is 16.3. The van der Waals surface area contributed by atoms with Crippen molar-refractivity contribution < 1.29 is 22.6 Å². The molecule has 1 unspecified atom stereocenters. The van der Waals surface area contributed by atoms with E-state index in [1.165, 1.54) is 7.11 Å². The second kappa shape index (κ2) is 6.56. The second-order valence-corrected chi connectivity index (χ2v) is 5.90. The molecule has 0 bridgehead atoms. The van der Waals surface area contributed by atoms with Crippen molar-refractivity contribution in [3.05, 3.63) is 23.8 Å². The molecule has 0 amide bonds. The van der Waals surface area contributed by atoms with Crippen molar-refractivity contribution in [2.45, 2.75) is 32.4 Å². The van der Waals surface area contributed by atoms with Crippen molar-refractivity contribution in [3.63, 3.8) is 0 Å². The highest BCUT2D eigenvalue weighted by atomic mass is 19.4. The molecule has 120 valence electrons. The molecule has 0 aliphatic rings. The number of halogens is 3. The highest BCUT2D eigenvalue weighted by Crippen LogP contribution is 2.35. The number of methoxy groups -OCH3 is 1. The molecule has 2 N–H and O–H groups in total. The summed E-state index contributed by atoms with van der Waals surface area (Å²) in [4.78, 5) is 0. The monoisotopic (exact) mass is 305 g/mol. The molecular formula is C15H22F3NO2. The zero-order valence-electron chi connectivity index (χ0n) is 12.8. The van der Waals surface area contributed by atoms with Crippen LogP contribution in [-0.4, -0.2) is 26.4 Å². The number of hydrogen-bond acceptors (Lipinski definition) is 3. The molecule has 0 saturated carbocycles. The van der Waals surface area contributed by atoms with Crippen molar-refractivity contribution in [2.75, 3.05) is 20.3 Å². The van der Waals surface area contributed by atoms with E-state index in [4.69, 9.17) is 15.2 Å². The Bertz CT molecular complexity index is 467. The molecule has 1 rings (SSSR count). The van der Waals surface area contributed by atoms with Crippen molar-refractivity contribution >= 4 is 0 Å². The normalized spacial score (nSPS) is 13.9. The molecule has 0 aliphatic carbocycles. The maximum Gasteiger partial charge on any atom is 0.396 e. The molecule has 0 heterocycles. The van der Waals surface area contributed by atoms with Gasteiger partial charge in [0.1, 0.15) is 24.0 Å². The van der Waals surface area contributed by atoms with Gasteiger partial charge in [0.05, 0.1) is 7.11 Å². The standard InChI is InChI=1S/C15H22F3NO2/c1-14(2,3)12-7-11(20-4)5-6-13(12)21-9-10(8-19)15(16,17)18/h5-7,10H,8-9,19H2,1-4H3. The van der Waals surface area contributed by atoms with E-state index < -0.39 is 25.2 Å². The Hall–Kier alpha value is -1.43. The van der Waals surface area contributed by atoms with Crippen LogP contribution in [-0.2, 0) is 5.41 Å². The Morgan fingerprint density at radius 1 is 1.19 bits per heavy atom. The Labute approximate surface area is 123 Å². The quantitative estimate of drug-likeness (QED) is 0.905. The van der Waals surface area contributed by atoms with Crippen LogP contribution in [0.1, 0.15) is 26.3 Å². The molecule has 1 atom stereocenters. The molecule has 3 nitrogen and oxygen atoms in total. The maximum absolute atomic E-state index is 12.7. The predicted molar refractivity (Wildman–Crippen MR) is 75.8 cm³/mol. The van der Waals surface area contributed by atoms with Crippen LogP contribution >= 0.6 is 0 Å². The zero-order valence-corrected chi connectivity index (χ0v) is 12.8. The van der Waals surface area contributed by atoms with Crippen molar-refractivity contribution in [3.8, 4) is 11.5 Å². The molecule has 0 fully saturated rings. The smallest absolute Gasteiger partial charge is 0.396 e. The van der Waals surface area contributed by atoms with E-state index in [0.717, 1.165) is 5.56 Å². The van der Waals surface area contributed by atoms with Gasteiger partial charge in [0.15, 0.2) is 0 Å². The number of benzene rings is 1. The van der Waals surface area contributed by atoms with Gasteiger partial charge in [-0.05, 0) is 23.6 Å². The van der Waals surface area contributed by atoms with E-state index in [2.05, 4.69) is 0 Å². The first-order valence-corrected chi connectivity index (χ1v) is 6.67. The van der Waals surface area contributed by atoms with E-state index in [-0.39, 0.29) is 5.41 Å². The maximum atomic E-state index is 12.7. The summed E-state index contributed by atoms with van der Waals surface area (Å²) >= 11 is 0. The number of rotatable bonds is 5. The third kappa shape index (κ3) is 4.81. The van der Waals surface area contributed by atoms with Crippen molar-refractivity contribution in [1.82, 2.24) is 0 Å². The summed E-state index contributed by atoms with van der Waals surface area (Å²) in [7, 11) is 1.54. The summed E-state index contributed by atoms with van der Waals surface area (Å²) < 4.78 is 48.6. The first kappa shape index (κ1) is 17.6. The van der Waals surface area contributed by atoms with Gasteiger partial charge in [-0.3, -0.25) is 0 Å². The van der Waals surface area contributed by atoms with Gasteiger partial charge in [-0.2, -0.15) is 13.2 Å². The number of hydrogen-bond donors (Lipinski definition) is 1. The molecule has 1 aromatic rings. The van der Waals surface area contributed by atoms with Gasteiger partial charge in [0, 0.05) is 12.1 Å². The Morgan fingerprint density at radius 3 is 2.24 bits per heavy atom. The third-order valence-electron chi connectivity index (χ3n) is 3.18. The van der Waals surface area contributed by atoms with E-state index >= 15 is 0 Å². The minimum Gasteiger partial charge on any atom is -0.497 e. The summed E-state index contributed by atoms with van der Waals surface area (Å²) in [6.07, 6.45) is -4.36. The lowest BCUT2D eigenvalue weighted by molar-refractivity contribution is -0.178. The van der Waals surface area contributed by atoms with Crippen LogP contribution in [0.15, 0.2) is 18.2 Å². The number of ether oxygens (including phenoxy) is 2. The second-order valence-electron chi connectivity index (χ2n) is 5.90. The van der Waals surface area contributed by atoms with Gasteiger partial charge in [-0.15, -0.1) is 0 Å². The van der Waals surface area contributed by atoms with Crippen LogP contribution < -0.4 is 15.2 Å². The van der Waals surface area contributed by atoms with Crippen LogP contribution in [0.2, 0.25) is 0 Å². The topological polar surface area (TPSA) is 44.5 Å². The van der Waals surface area contributed by atoms with E-state index in [0.29, 0.717) is 11.5 Å². The molecule has 6 heteroatoms. The van der Waals surface area contributed by atoms with Gasteiger partial charge < -0.3 is 15.2 Å². The van der Waals surface area contributed by atoms with E-state index in [1.807, 2.05) is 20.8 Å². The lowest BCUT2D eigenvalue weighted by atomic mass is 9.86.